The lowest BCUT2D eigenvalue weighted by Gasteiger charge is -2.28. The van der Waals surface area contributed by atoms with Gasteiger partial charge in [0.15, 0.2) is 29.5 Å². The number of benzene rings is 1. The number of Topliss-reactive ketones (excluding diaryl/α,β-unsaturated/α-hetero) is 1. The molecular weight excluding hydrogens is 571 g/mol. The van der Waals surface area contributed by atoms with Gasteiger partial charge in [-0.2, -0.15) is 13.2 Å². The normalized spacial score (nSPS) is 24.9. The number of hydrogen-bond donors (Lipinski definition) is 0. The van der Waals surface area contributed by atoms with Crippen molar-refractivity contribution in [1.29, 1.82) is 0 Å². The minimum Gasteiger partial charge on any atom is -0.477 e. The second kappa shape index (κ2) is 10.7. The number of nitrogens with zero attached hydrogens (tertiary/aromatic N) is 3. The summed E-state index contributed by atoms with van der Waals surface area (Å²) in [5, 5.41) is 4.26. The number of pyridine rings is 1. The summed E-state index contributed by atoms with van der Waals surface area (Å²) >= 11 is 0. The van der Waals surface area contributed by atoms with Crippen molar-refractivity contribution in [3.63, 3.8) is 0 Å². The van der Waals surface area contributed by atoms with Crippen LogP contribution in [-0.4, -0.2) is 55.2 Å². The number of alkyl halides is 3. The summed E-state index contributed by atoms with van der Waals surface area (Å²) in [7, 11) is -7.37. The highest BCUT2D eigenvalue weighted by molar-refractivity contribution is 7.92. The Bertz CT molecular complexity index is 1730. The van der Waals surface area contributed by atoms with E-state index in [4.69, 9.17) is 11.6 Å². The van der Waals surface area contributed by atoms with Crippen LogP contribution < -0.4 is 4.74 Å². The van der Waals surface area contributed by atoms with Crippen molar-refractivity contribution >= 4 is 23.7 Å². The molecule has 1 saturated heterocycles. The fraction of sp³-hybridized carbons (Fsp3) is 0.483. The highest BCUT2D eigenvalue weighted by Gasteiger charge is 2.65. The first kappa shape index (κ1) is 23.6. The van der Waals surface area contributed by atoms with Crippen molar-refractivity contribution in [2.75, 3.05) is 12.4 Å². The maximum atomic E-state index is 13.6. The first-order chi connectivity index (χ1) is 21.2. The number of ether oxygens (including phenoxy) is 1. The summed E-state index contributed by atoms with van der Waals surface area (Å²) in [6, 6.07) is 12.0. The standard InChI is InChI=1S/C29H34F3N3O4SSi/c1-20-17-23(28(2,3)18-20)27-22(24(36)19-40(37,38)21-7-5-4-6-8-21)9-10-25(33-27)35-12-11-26(34-35)39-13-14-41(15-16-41)29(30,31)32/h4-12,20,23H,13-19H2,1-3H3/t20-,23?/m1/s1/i1D3,18D2. The van der Waals surface area contributed by atoms with E-state index >= 15 is 0 Å². The summed E-state index contributed by atoms with van der Waals surface area (Å²) in [5.74, 6) is -7.94. The molecule has 3 heterocycles. The lowest BCUT2D eigenvalue weighted by atomic mass is 9.78. The van der Waals surface area contributed by atoms with E-state index in [9.17, 15) is 26.4 Å². The monoisotopic (exact) mass is 610 g/mol. The SMILES string of the molecule is [2H]C([2H])([2H])[C@@H]1CC(c2nc(-n3ccc(OCC[Si]4(C(F)(F)F)CC4)n3)ccc2C(=O)CS(=O)(=O)c2ccccc2)C(C)(C)C1([2H])[2H]. The second-order valence-electron chi connectivity index (χ2n) is 11.3. The molecule has 2 fully saturated rings. The van der Waals surface area contributed by atoms with Crippen LogP contribution in [0.5, 0.6) is 5.88 Å². The lowest BCUT2D eigenvalue weighted by molar-refractivity contribution is -0.0539. The number of carbonyl (C=O) groups excluding carboxylic acids is 1. The van der Waals surface area contributed by atoms with Crippen molar-refractivity contribution in [1.82, 2.24) is 14.8 Å². The maximum absolute atomic E-state index is 13.6. The fourth-order valence-corrected chi connectivity index (χ4v) is 9.63. The van der Waals surface area contributed by atoms with Gasteiger partial charge in [0.05, 0.1) is 17.2 Å². The molecule has 0 radical (unpaired) electrons. The quantitative estimate of drug-likeness (QED) is 0.195. The van der Waals surface area contributed by atoms with Crippen LogP contribution >= 0.6 is 0 Å². The third-order valence-electron chi connectivity index (χ3n) is 7.94. The predicted octanol–water partition coefficient (Wildman–Crippen LogP) is 6.41. The van der Waals surface area contributed by atoms with Crippen LogP contribution in [0.4, 0.5) is 13.2 Å². The molecule has 12 heteroatoms. The van der Waals surface area contributed by atoms with E-state index in [0.717, 1.165) is 0 Å². The van der Waals surface area contributed by atoms with Gasteiger partial charge in [0.25, 0.3) is 0 Å². The first-order valence-corrected chi connectivity index (χ1v) is 17.5. The van der Waals surface area contributed by atoms with Crippen LogP contribution in [0.3, 0.4) is 0 Å². The molecule has 220 valence electrons. The molecule has 5 rings (SSSR count). The van der Waals surface area contributed by atoms with Gasteiger partial charge in [0, 0.05) is 30.6 Å². The van der Waals surface area contributed by atoms with Gasteiger partial charge in [0.2, 0.25) is 5.88 Å². The van der Waals surface area contributed by atoms with Crippen molar-refractivity contribution in [3.8, 4) is 11.7 Å². The second-order valence-corrected chi connectivity index (χ2v) is 17.9. The molecule has 0 spiro atoms. The molecule has 0 bridgehead atoms. The number of aromatic nitrogens is 3. The number of halogens is 3. The van der Waals surface area contributed by atoms with Crippen LogP contribution in [-0.2, 0) is 9.84 Å². The largest absolute Gasteiger partial charge is 0.477 e. The van der Waals surface area contributed by atoms with Crippen LogP contribution in [0, 0.1) is 11.3 Å². The van der Waals surface area contributed by atoms with Crippen molar-refractivity contribution in [2.45, 2.75) is 68.2 Å². The van der Waals surface area contributed by atoms with Crippen molar-refractivity contribution in [2.24, 2.45) is 11.3 Å². The number of rotatable bonds is 10. The lowest BCUT2D eigenvalue weighted by Crippen LogP contribution is -2.37. The van der Waals surface area contributed by atoms with Gasteiger partial charge < -0.3 is 4.74 Å². The minimum absolute atomic E-state index is 0.0382. The van der Waals surface area contributed by atoms with Gasteiger partial charge in [-0.3, -0.25) is 4.79 Å². The average molecular weight is 611 g/mol. The summed E-state index contributed by atoms with van der Waals surface area (Å²) in [4.78, 5) is 18.2. The summed E-state index contributed by atoms with van der Waals surface area (Å²) < 4.78 is 115. The van der Waals surface area contributed by atoms with Crippen LogP contribution in [0.25, 0.3) is 5.82 Å². The van der Waals surface area contributed by atoms with E-state index in [0.29, 0.717) is 0 Å². The average Bonchev–Trinajstić information content (AvgIpc) is 3.56. The third kappa shape index (κ3) is 6.13. The van der Waals surface area contributed by atoms with E-state index in [1.165, 1.54) is 53.3 Å². The Morgan fingerprint density at radius 2 is 1.93 bits per heavy atom. The molecule has 1 unspecified atom stereocenters. The maximum Gasteiger partial charge on any atom is 0.361 e. The highest BCUT2D eigenvalue weighted by Crippen LogP contribution is 2.52. The van der Waals surface area contributed by atoms with Gasteiger partial charge in [-0.15, -0.1) is 5.10 Å². The zero-order valence-electron chi connectivity index (χ0n) is 27.6. The van der Waals surface area contributed by atoms with Crippen molar-refractivity contribution < 1.29 is 38.0 Å². The molecule has 7 nitrogen and oxygen atoms in total. The Kier molecular flexibility index (Phi) is 6.14. The number of carbonyl (C=O) groups is 1. The number of ketones is 1. The number of sulfone groups is 1. The Hall–Kier alpha value is -2.99. The molecule has 0 amide bonds. The molecule has 41 heavy (non-hydrogen) atoms. The van der Waals surface area contributed by atoms with Gasteiger partial charge in [-0.05, 0) is 54.4 Å². The van der Waals surface area contributed by atoms with Crippen LogP contribution in [0.1, 0.15) is 62.3 Å². The summed E-state index contributed by atoms with van der Waals surface area (Å²) in [5.41, 5.74) is -1.39. The Morgan fingerprint density at radius 3 is 2.56 bits per heavy atom. The highest BCUT2D eigenvalue weighted by atomic mass is 32.2. The minimum atomic E-state index is -4.17. The third-order valence-corrected chi connectivity index (χ3v) is 13.6. The predicted molar refractivity (Wildman–Crippen MR) is 151 cm³/mol. The van der Waals surface area contributed by atoms with Crippen molar-refractivity contribution in [3.05, 3.63) is 66.0 Å². The van der Waals surface area contributed by atoms with E-state index in [1.807, 2.05) is 0 Å². The van der Waals surface area contributed by atoms with Gasteiger partial charge >= 0.3 is 5.80 Å². The molecular formula is C29H34F3N3O4SSi. The van der Waals surface area contributed by atoms with Crippen LogP contribution in [0.15, 0.2) is 59.6 Å². The topological polar surface area (TPSA) is 91.2 Å². The number of hydrogen-bond acceptors (Lipinski definition) is 6. The van der Waals surface area contributed by atoms with E-state index in [-0.39, 0.29) is 59.0 Å². The molecule has 3 aromatic rings. The fourth-order valence-electron chi connectivity index (χ4n) is 5.34. The molecule has 0 N–H and O–H groups in total. The Balaban J connectivity index is 1.49. The van der Waals surface area contributed by atoms with Gasteiger partial charge in [-0.1, -0.05) is 51.0 Å². The summed E-state index contributed by atoms with van der Waals surface area (Å²) in [6.45, 7) is 0.315. The van der Waals surface area contributed by atoms with E-state index < -0.39 is 65.7 Å². The molecule has 1 saturated carbocycles. The molecule has 1 aliphatic carbocycles. The molecule has 2 atom stereocenters. The Morgan fingerprint density at radius 1 is 1.20 bits per heavy atom. The zero-order chi connectivity index (χ0) is 33.9. The first-order valence-electron chi connectivity index (χ1n) is 15.8. The zero-order valence-corrected chi connectivity index (χ0v) is 24.4. The molecule has 1 aromatic carbocycles. The Labute approximate surface area is 246 Å². The van der Waals surface area contributed by atoms with Crippen LogP contribution in [0.2, 0.25) is 18.1 Å². The summed E-state index contributed by atoms with van der Waals surface area (Å²) in [6.07, 6.45) is -0.930. The van der Waals surface area contributed by atoms with Gasteiger partial charge in [-0.25, -0.2) is 18.1 Å². The molecule has 2 aromatic heterocycles. The van der Waals surface area contributed by atoms with E-state index in [2.05, 4.69) is 10.1 Å². The van der Waals surface area contributed by atoms with Gasteiger partial charge in [0.1, 0.15) is 5.75 Å². The van der Waals surface area contributed by atoms with E-state index in [1.54, 1.807) is 19.9 Å². The molecule has 1 aliphatic heterocycles. The molecule has 2 aliphatic rings. The smallest absolute Gasteiger partial charge is 0.361 e.